The molecule has 0 bridgehead atoms. The number of para-hydroxylation sites is 1. The summed E-state index contributed by atoms with van der Waals surface area (Å²) in [5.41, 5.74) is 0.886. The predicted octanol–water partition coefficient (Wildman–Crippen LogP) is 2.85. The number of benzene rings is 1. The highest BCUT2D eigenvalue weighted by atomic mass is 32.2. The zero-order valence-electron chi connectivity index (χ0n) is 12.8. The van der Waals surface area contributed by atoms with Crippen LogP contribution < -0.4 is 5.32 Å². The van der Waals surface area contributed by atoms with Crippen LogP contribution in [-0.4, -0.2) is 49.9 Å². The van der Waals surface area contributed by atoms with Gasteiger partial charge in [0.25, 0.3) is 0 Å². The lowest BCUT2D eigenvalue weighted by Gasteiger charge is -2.27. The first-order valence-corrected chi connectivity index (χ1v) is 8.64. The Kier molecular flexibility index (Phi) is 6.54. The fraction of sp³-hybridized carbons (Fsp3) is 0.562. The third kappa shape index (κ3) is 5.34. The lowest BCUT2D eigenvalue weighted by atomic mass is 10.1. The van der Waals surface area contributed by atoms with Crippen LogP contribution in [0.3, 0.4) is 0 Å². The molecular weight excluding hydrogens is 284 g/mol. The molecule has 21 heavy (non-hydrogen) atoms. The van der Waals surface area contributed by atoms with Gasteiger partial charge in [-0.15, -0.1) is 11.8 Å². The number of amides is 1. The van der Waals surface area contributed by atoms with Gasteiger partial charge in [0, 0.05) is 18.0 Å². The fourth-order valence-electron chi connectivity index (χ4n) is 2.55. The van der Waals surface area contributed by atoms with Crippen LogP contribution >= 0.6 is 11.8 Å². The van der Waals surface area contributed by atoms with E-state index < -0.39 is 0 Å². The van der Waals surface area contributed by atoms with Gasteiger partial charge in [-0.2, -0.15) is 0 Å². The smallest absolute Gasteiger partial charge is 0.238 e. The van der Waals surface area contributed by atoms with Crippen molar-refractivity contribution in [1.82, 2.24) is 4.90 Å². The van der Waals surface area contributed by atoms with E-state index in [1.54, 1.807) is 11.8 Å². The van der Waals surface area contributed by atoms with E-state index in [9.17, 15) is 4.79 Å². The minimum absolute atomic E-state index is 0.0230. The second-order valence-corrected chi connectivity index (χ2v) is 6.28. The molecule has 1 amide bonds. The third-order valence-electron chi connectivity index (χ3n) is 3.58. The molecule has 1 aliphatic heterocycles. The Labute approximate surface area is 131 Å². The third-order valence-corrected chi connectivity index (χ3v) is 4.38. The molecule has 5 heteroatoms. The Morgan fingerprint density at radius 2 is 2.24 bits per heavy atom. The number of carbonyl (C=O) groups excluding carboxylic acids is 1. The van der Waals surface area contributed by atoms with Crippen LogP contribution in [0.25, 0.3) is 0 Å². The van der Waals surface area contributed by atoms with Crippen LogP contribution in [0, 0.1) is 0 Å². The Morgan fingerprint density at radius 3 is 2.95 bits per heavy atom. The molecular formula is C16H24N2O2S. The highest BCUT2D eigenvalue weighted by Crippen LogP contribution is 2.24. The van der Waals surface area contributed by atoms with Gasteiger partial charge in [0.05, 0.1) is 18.3 Å². The molecule has 116 valence electrons. The maximum atomic E-state index is 12.1. The van der Waals surface area contributed by atoms with E-state index in [1.807, 2.05) is 42.5 Å². The monoisotopic (exact) mass is 308 g/mol. The van der Waals surface area contributed by atoms with E-state index >= 15 is 0 Å². The van der Waals surface area contributed by atoms with E-state index in [4.69, 9.17) is 4.74 Å². The van der Waals surface area contributed by atoms with Crippen molar-refractivity contribution in [3.05, 3.63) is 24.3 Å². The number of rotatable bonds is 6. The number of ether oxygens (including phenoxy) is 1. The number of hydrogen-bond donors (Lipinski definition) is 1. The van der Waals surface area contributed by atoms with E-state index in [2.05, 4.69) is 5.32 Å². The second-order valence-electron chi connectivity index (χ2n) is 5.43. The van der Waals surface area contributed by atoms with Gasteiger partial charge in [0.1, 0.15) is 0 Å². The van der Waals surface area contributed by atoms with E-state index in [1.165, 1.54) is 6.42 Å². The van der Waals surface area contributed by atoms with Crippen molar-refractivity contribution in [2.45, 2.75) is 30.3 Å². The summed E-state index contributed by atoms with van der Waals surface area (Å²) in [6.07, 6.45) is 5.77. The summed E-state index contributed by atoms with van der Waals surface area (Å²) >= 11 is 1.64. The number of anilines is 1. The molecule has 2 rings (SSSR count). The summed E-state index contributed by atoms with van der Waals surface area (Å²) < 4.78 is 5.71. The molecule has 1 aromatic carbocycles. The summed E-state index contributed by atoms with van der Waals surface area (Å²) in [6, 6.07) is 7.87. The van der Waals surface area contributed by atoms with E-state index in [0.29, 0.717) is 6.54 Å². The number of carbonyl (C=O) groups is 1. The average Bonchev–Trinajstić information content (AvgIpc) is 2.48. The largest absolute Gasteiger partial charge is 0.377 e. The number of likely N-dealkylation sites (N-methyl/N-ethyl adjacent to an activating group) is 1. The maximum Gasteiger partial charge on any atom is 0.238 e. The molecule has 1 aromatic rings. The molecule has 1 atom stereocenters. The van der Waals surface area contributed by atoms with Crippen LogP contribution in [0.5, 0.6) is 0 Å². The standard InChI is InChI=1S/C16H24N2O2S/c1-18(11-13-7-5-6-10-20-13)12-16(19)17-14-8-3-4-9-15(14)21-2/h3-4,8-9,13H,5-7,10-12H2,1-2H3,(H,17,19)/t13-/m1/s1. The second kappa shape index (κ2) is 8.41. The molecule has 1 heterocycles. The van der Waals surface area contributed by atoms with Crippen LogP contribution in [0.4, 0.5) is 5.69 Å². The fourth-order valence-corrected chi connectivity index (χ4v) is 3.10. The summed E-state index contributed by atoms with van der Waals surface area (Å²) in [7, 11) is 1.97. The van der Waals surface area contributed by atoms with Gasteiger partial charge in [0.15, 0.2) is 0 Å². The van der Waals surface area contributed by atoms with Crippen molar-refractivity contribution in [1.29, 1.82) is 0 Å². The summed E-state index contributed by atoms with van der Waals surface area (Å²) in [4.78, 5) is 15.3. The lowest BCUT2D eigenvalue weighted by molar-refractivity contribution is -0.117. The normalized spacial score (nSPS) is 18.7. The van der Waals surface area contributed by atoms with Gasteiger partial charge < -0.3 is 10.1 Å². The van der Waals surface area contributed by atoms with Crippen LogP contribution in [-0.2, 0) is 9.53 Å². The molecule has 4 nitrogen and oxygen atoms in total. The first kappa shape index (κ1) is 16.3. The highest BCUT2D eigenvalue weighted by Gasteiger charge is 2.17. The summed E-state index contributed by atoms with van der Waals surface area (Å²) in [6.45, 7) is 2.06. The summed E-state index contributed by atoms with van der Waals surface area (Å²) in [5.74, 6) is 0.0230. The van der Waals surface area contributed by atoms with E-state index in [0.717, 1.165) is 36.6 Å². The number of hydrogen-bond acceptors (Lipinski definition) is 4. The number of nitrogens with zero attached hydrogens (tertiary/aromatic N) is 1. The quantitative estimate of drug-likeness (QED) is 0.821. The number of thioether (sulfide) groups is 1. The Bertz CT molecular complexity index is 461. The van der Waals surface area contributed by atoms with Crippen LogP contribution in [0.2, 0.25) is 0 Å². The SMILES string of the molecule is CSc1ccccc1NC(=O)CN(C)C[C@H]1CCCCO1. The highest BCUT2D eigenvalue weighted by molar-refractivity contribution is 7.98. The minimum atomic E-state index is 0.0230. The molecule has 0 radical (unpaired) electrons. The topological polar surface area (TPSA) is 41.6 Å². The van der Waals surface area contributed by atoms with E-state index in [-0.39, 0.29) is 12.0 Å². The molecule has 0 unspecified atom stereocenters. The van der Waals surface area contributed by atoms with Gasteiger partial charge in [0.2, 0.25) is 5.91 Å². The molecule has 0 aliphatic carbocycles. The van der Waals surface area contributed by atoms with Gasteiger partial charge in [-0.1, -0.05) is 12.1 Å². The minimum Gasteiger partial charge on any atom is -0.377 e. The molecule has 1 aliphatic rings. The van der Waals surface area contributed by atoms with Gasteiger partial charge >= 0.3 is 0 Å². The molecule has 1 saturated heterocycles. The van der Waals surface area contributed by atoms with Crippen molar-refractivity contribution in [2.75, 3.05) is 38.3 Å². The van der Waals surface area contributed by atoms with Gasteiger partial charge in [-0.05, 0) is 44.7 Å². The predicted molar refractivity (Wildman–Crippen MR) is 87.9 cm³/mol. The van der Waals surface area contributed by atoms with Crippen molar-refractivity contribution in [3.8, 4) is 0 Å². The maximum absolute atomic E-state index is 12.1. The molecule has 0 saturated carbocycles. The Balaban J connectivity index is 1.80. The van der Waals surface area contributed by atoms with Gasteiger partial charge in [-0.25, -0.2) is 0 Å². The Morgan fingerprint density at radius 1 is 1.43 bits per heavy atom. The zero-order chi connectivity index (χ0) is 15.1. The van der Waals surface area contributed by atoms with Crippen LogP contribution in [0.15, 0.2) is 29.2 Å². The molecule has 0 spiro atoms. The Hall–Kier alpha value is -1.04. The van der Waals surface area contributed by atoms with Crippen molar-refractivity contribution >= 4 is 23.4 Å². The van der Waals surface area contributed by atoms with Crippen LogP contribution in [0.1, 0.15) is 19.3 Å². The van der Waals surface area contributed by atoms with Crippen molar-refractivity contribution in [3.63, 3.8) is 0 Å². The number of nitrogens with one attached hydrogen (secondary N) is 1. The molecule has 1 fully saturated rings. The lowest BCUT2D eigenvalue weighted by Crippen LogP contribution is -2.37. The molecule has 1 N–H and O–H groups in total. The zero-order valence-corrected chi connectivity index (χ0v) is 13.6. The van der Waals surface area contributed by atoms with Crippen molar-refractivity contribution in [2.24, 2.45) is 0 Å². The van der Waals surface area contributed by atoms with Crippen molar-refractivity contribution < 1.29 is 9.53 Å². The first-order valence-electron chi connectivity index (χ1n) is 7.42. The van der Waals surface area contributed by atoms with Gasteiger partial charge in [-0.3, -0.25) is 9.69 Å². The molecule has 0 aromatic heterocycles. The summed E-state index contributed by atoms with van der Waals surface area (Å²) in [5, 5.41) is 2.99. The first-order chi connectivity index (χ1) is 10.2. The average molecular weight is 308 g/mol.